The Bertz CT molecular complexity index is 585. The van der Waals surface area contributed by atoms with Gasteiger partial charge >= 0.3 is 0 Å². The molecule has 0 bridgehead atoms. The number of anilines is 1. The van der Waals surface area contributed by atoms with Crippen LogP contribution in [-0.4, -0.2) is 15.7 Å². The van der Waals surface area contributed by atoms with Crippen molar-refractivity contribution < 1.29 is 8.78 Å². The molecule has 2 aromatic rings. The Morgan fingerprint density at radius 3 is 2.30 bits per heavy atom. The maximum absolute atomic E-state index is 12.3. The zero-order valence-corrected chi connectivity index (χ0v) is 12.0. The van der Waals surface area contributed by atoms with Crippen molar-refractivity contribution in [2.45, 2.75) is 30.4 Å². The minimum absolute atomic E-state index is 0.182. The Hall–Kier alpha value is -1.69. The van der Waals surface area contributed by atoms with E-state index in [0.29, 0.717) is 22.5 Å². The molecule has 0 aliphatic carbocycles. The summed E-state index contributed by atoms with van der Waals surface area (Å²) in [4.78, 5) is 8.81. The molecule has 0 fully saturated rings. The number of rotatable bonds is 4. The predicted molar refractivity (Wildman–Crippen MR) is 77.8 cm³/mol. The Morgan fingerprint density at radius 1 is 1.10 bits per heavy atom. The third-order valence-corrected chi connectivity index (χ3v) is 3.57. The van der Waals surface area contributed by atoms with Gasteiger partial charge in [-0.3, -0.25) is 0 Å². The van der Waals surface area contributed by atoms with Gasteiger partial charge in [-0.15, -0.1) is 0 Å². The number of alkyl halides is 2. The van der Waals surface area contributed by atoms with Crippen LogP contribution < -0.4 is 5.73 Å². The number of nitrogen functional groups attached to an aromatic ring is 1. The van der Waals surface area contributed by atoms with E-state index in [2.05, 4.69) is 9.97 Å². The fourth-order valence-electron chi connectivity index (χ4n) is 2.00. The monoisotopic (exact) mass is 295 g/mol. The first-order chi connectivity index (χ1) is 9.49. The topological polar surface area (TPSA) is 51.8 Å². The molecule has 0 unspecified atom stereocenters. The number of hydrogen-bond donors (Lipinski definition) is 1. The minimum atomic E-state index is -2.42. The first kappa shape index (κ1) is 14.7. The van der Waals surface area contributed by atoms with E-state index in [1.807, 2.05) is 13.8 Å². The van der Waals surface area contributed by atoms with E-state index in [1.54, 1.807) is 24.3 Å². The third-order valence-electron chi connectivity index (χ3n) is 2.85. The smallest absolute Gasteiger partial charge is 0.288 e. The highest BCUT2D eigenvalue weighted by Gasteiger charge is 2.14. The summed E-state index contributed by atoms with van der Waals surface area (Å²) in [6, 6.07) is 6.87. The summed E-state index contributed by atoms with van der Waals surface area (Å²) < 4.78 is 24.6. The van der Waals surface area contributed by atoms with Gasteiger partial charge in [-0.1, -0.05) is 37.7 Å². The van der Waals surface area contributed by atoms with E-state index < -0.39 is 5.76 Å². The van der Waals surface area contributed by atoms with Crippen LogP contribution in [-0.2, 0) is 0 Å². The molecule has 1 aromatic carbocycles. The zero-order valence-electron chi connectivity index (χ0n) is 11.2. The van der Waals surface area contributed by atoms with E-state index in [9.17, 15) is 8.78 Å². The summed E-state index contributed by atoms with van der Waals surface area (Å²) in [7, 11) is 0. The van der Waals surface area contributed by atoms with Gasteiger partial charge in [0.25, 0.3) is 5.76 Å². The average molecular weight is 295 g/mol. The number of nitrogens with zero attached hydrogens (tertiary/aromatic N) is 2. The van der Waals surface area contributed by atoms with Gasteiger partial charge in [-0.25, -0.2) is 9.97 Å². The molecule has 0 atom stereocenters. The molecule has 6 heteroatoms. The highest BCUT2D eigenvalue weighted by atomic mass is 32.2. The summed E-state index contributed by atoms with van der Waals surface area (Å²) in [6.45, 7) is 4.03. The van der Waals surface area contributed by atoms with Crippen molar-refractivity contribution in [1.82, 2.24) is 9.97 Å². The first-order valence-electron chi connectivity index (χ1n) is 6.14. The maximum atomic E-state index is 12.3. The second kappa shape index (κ2) is 6.17. The Balaban J connectivity index is 2.39. The number of benzene rings is 1. The predicted octanol–water partition coefficient (Wildman–Crippen LogP) is 4.16. The SMILES string of the molecule is CC(C)c1c(N)ncnc1-c1ccc(SC(F)F)cc1. The molecule has 1 aromatic heterocycles. The van der Waals surface area contributed by atoms with Crippen molar-refractivity contribution in [2.75, 3.05) is 5.73 Å². The van der Waals surface area contributed by atoms with Gasteiger partial charge < -0.3 is 5.73 Å². The van der Waals surface area contributed by atoms with Gasteiger partial charge in [0.1, 0.15) is 12.1 Å². The number of aromatic nitrogens is 2. The van der Waals surface area contributed by atoms with E-state index in [-0.39, 0.29) is 5.92 Å². The molecule has 2 rings (SSSR count). The standard InChI is InChI=1S/C14H15F2N3S/c1-8(2)11-12(18-7-19-13(11)17)9-3-5-10(6-4-9)20-14(15)16/h3-8,14H,1-2H3,(H2,17,18,19). The van der Waals surface area contributed by atoms with Crippen LogP contribution in [0.2, 0.25) is 0 Å². The van der Waals surface area contributed by atoms with Crippen molar-refractivity contribution in [1.29, 1.82) is 0 Å². The largest absolute Gasteiger partial charge is 0.383 e. The number of hydrogen-bond acceptors (Lipinski definition) is 4. The van der Waals surface area contributed by atoms with Gasteiger partial charge in [-0.05, 0) is 18.1 Å². The van der Waals surface area contributed by atoms with E-state index >= 15 is 0 Å². The van der Waals surface area contributed by atoms with Crippen LogP contribution in [0.4, 0.5) is 14.6 Å². The van der Waals surface area contributed by atoms with Crippen molar-refractivity contribution in [3.8, 4) is 11.3 Å². The van der Waals surface area contributed by atoms with Gasteiger partial charge in [-0.2, -0.15) is 8.78 Å². The molecule has 3 nitrogen and oxygen atoms in total. The van der Waals surface area contributed by atoms with Crippen LogP contribution in [0.1, 0.15) is 25.3 Å². The number of halogens is 2. The van der Waals surface area contributed by atoms with Crippen LogP contribution in [0, 0.1) is 0 Å². The molecular weight excluding hydrogens is 280 g/mol. The van der Waals surface area contributed by atoms with Crippen molar-refractivity contribution in [3.05, 3.63) is 36.2 Å². The molecule has 20 heavy (non-hydrogen) atoms. The average Bonchev–Trinajstić information content (AvgIpc) is 2.38. The van der Waals surface area contributed by atoms with E-state index in [1.165, 1.54) is 6.33 Å². The molecule has 0 aliphatic heterocycles. The lowest BCUT2D eigenvalue weighted by atomic mass is 9.97. The Kier molecular flexibility index (Phi) is 4.54. The summed E-state index contributed by atoms with van der Waals surface area (Å²) in [5.41, 5.74) is 8.38. The second-order valence-electron chi connectivity index (χ2n) is 4.58. The Labute approximate surface area is 120 Å². The molecular formula is C14H15F2N3S. The van der Waals surface area contributed by atoms with Crippen molar-refractivity contribution in [2.24, 2.45) is 0 Å². The maximum Gasteiger partial charge on any atom is 0.288 e. The highest BCUT2D eigenvalue weighted by molar-refractivity contribution is 7.99. The van der Waals surface area contributed by atoms with Crippen LogP contribution in [0.15, 0.2) is 35.5 Å². The molecule has 0 saturated heterocycles. The molecule has 106 valence electrons. The van der Waals surface area contributed by atoms with Gasteiger partial charge in [0.15, 0.2) is 0 Å². The van der Waals surface area contributed by atoms with Gasteiger partial charge in [0, 0.05) is 16.0 Å². The third kappa shape index (κ3) is 3.25. The van der Waals surface area contributed by atoms with E-state index in [4.69, 9.17) is 5.73 Å². The van der Waals surface area contributed by atoms with Crippen molar-refractivity contribution >= 4 is 17.6 Å². The molecule has 0 radical (unpaired) electrons. The van der Waals surface area contributed by atoms with Crippen LogP contribution in [0.5, 0.6) is 0 Å². The molecule has 1 heterocycles. The number of thioether (sulfide) groups is 1. The van der Waals surface area contributed by atoms with Crippen LogP contribution in [0.3, 0.4) is 0 Å². The highest BCUT2D eigenvalue weighted by Crippen LogP contribution is 2.32. The fourth-order valence-corrected chi connectivity index (χ4v) is 2.50. The summed E-state index contributed by atoms with van der Waals surface area (Å²) >= 11 is 0.525. The normalized spacial score (nSPS) is 11.3. The van der Waals surface area contributed by atoms with Crippen LogP contribution >= 0.6 is 11.8 Å². The van der Waals surface area contributed by atoms with Crippen molar-refractivity contribution in [3.63, 3.8) is 0 Å². The Morgan fingerprint density at radius 2 is 1.75 bits per heavy atom. The molecule has 0 saturated carbocycles. The van der Waals surface area contributed by atoms with E-state index in [0.717, 1.165) is 16.8 Å². The zero-order chi connectivity index (χ0) is 14.7. The fraction of sp³-hybridized carbons (Fsp3) is 0.286. The summed E-state index contributed by atoms with van der Waals surface area (Å²) in [6.07, 6.45) is 1.42. The molecule has 0 amide bonds. The summed E-state index contributed by atoms with van der Waals surface area (Å²) in [5, 5.41) is 0. The molecule has 0 spiro atoms. The van der Waals surface area contributed by atoms with Gasteiger partial charge in [0.2, 0.25) is 0 Å². The quantitative estimate of drug-likeness (QED) is 0.860. The minimum Gasteiger partial charge on any atom is -0.383 e. The lowest BCUT2D eigenvalue weighted by Gasteiger charge is -2.13. The molecule has 2 N–H and O–H groups in total. The lowest BCUT2D eigenvalue weighted by Crippen LogP contribution is -2.04. The van der Waals surface area contributed by atoms with Crippen LogP contribution in [0.25, 0.3) is 11.3 Å². The second-order valence-corrected chi connectivity index (χ2v) is 5.64. The lowest BCUT2D eigenvalue weighted by molar-refractivity contribution is 0.252. The number of nitrogens with two attached hydrogens (primary N) is 1. The first-order valence-corrected chi connectivity index (χ1v) is 7.02. The molecule has 0 aliphatic rings. The summed E-state index contributed by atoms with van der Waals surface area (Å²) in [5.74, 6) is -1.78. The van der Waals surface area contributed by atoms with Gasteiger partial charge in [0.05, 0.1) is 5.69 Å².